The molecule has 0 aliphatic carbocycles. The Morgan fingerprint density at radius 2 is 2.11 bits per heavy atom. The van der Waals surface area contributed by atoms with Gasteiger partial charge >= 0.3 is 0 Å². The lowest BCUT2D eigenvalue weighted by molar-refractivity contribution is -0.385. The summed E-state index contributed by atoms with van der Waals surface area (Å²) in [7, 11) is 0. The quantitative estimate of drug-likeness (QED) is 0.673. The fourth-order valence-electron chi connectivity index (χ4n) is 1.77. The van der Waals surface area contributed by atoms with Crippen molar-refractivity contribution in [3.05, 3.63) is 57.4 Å². The van der Waals surface area contributed by atoms with Crippen LogP contribution in [0.1, 0.15) is 16.8 Å². The van der Waals surface area contributed by atoms with Crippen LogP contribution >= 0.6 is 0 Å². The van der Waals surface area contributed by atoms with Crippen molar-refractivity contribution in [2.24, 2.45) is 0 Å². The van der Waals surface area contributed by atoms with Crippen molar-refractivity contribution < 1.29 is 4.92 Å². The number of aromatic nitrogens is 2. The molecule has 0 bridgehead atoms. The molecule has 19 heavy (non-hydrogen) atoms. The summed E-state index contributed by atoms with van der Waals surface area (Å²) in [6, 6.07) is 6.84. The van der Waals surface area contributed by atoms with Crippen LogP contribution in [0.15, 0.2) is 30.5 Å². The van der Waals surface area contributed by atoms with Gasteiger partial charge in [-0.05, 0) is 25.5 Å². The van der Waals surface area contributed by atoms with Crippen molar-refractivity contribution >= 4 is 11.6 Å². The normalized spacial score (nSPS) is 10.2. The first-order chi connectivity index (χ1) is 9.08. The number of aryl methyl sites for hydroxylation is 1. The molecule has 0 unspecified atom stereocenters. The topological polar surface area (TPSA) is 81.0 Å². The van der Waals surface area contributed by atoms with Crippen molar-refractivity contribution in [2.75, 3.05) is 5.32 Å². The highest BCUT2D eigenvalue weighted by atomic mass is 16.6. The van der Waals surface area contributed by atoms with Gasteiger partial charge in [0.05, 0.1) is 4.92 Å². The van der Waals surface area contributed by atoms with Crippen LogP contribution in [0.5, 0.6) is 0 Å². The van der Waals surface area contributed by atoms with E-state index >= 15 is 0 Å². The summed E-state index contributed by atoms with van der Waals surface area (Å²) in [5.41, 5.74) is 2.52. The second-order valence-electron chi connectivity index (χ2n) is 4.19. The van der Waals surface area contributed by atoms with Gasteiger partial charge in [-0.15, -0.1) is 0 Å². The van der Waals surface area contributed by atoms with Gasteiger partial charge in [0.15, 0.2) is 0 Å². The zero-order valence-electron chi connectivity index (χ0n) is 10.8. The molecule has 0 amide bonds. The molecule has 2 aromatic rings. The molecule has 0 saturated heterocycles. The Morgan fingerprint density at radius 1 is 1.32 bits per heavy atom. The molecule has 6 nitrogen and oxygen atoms in total. The molecule has 0 fully saturated rings. The fraction of sp³-hybridized carbons (Fsp3) is 0.231. The molecule has 0 radical (unpaired) electrons. The van der Waals surface area contributed by atoms with Crippen molar-refractivity contribution in [3.63, 3.8) is 0 Å². The number of anilines is 1. The molecule has 0 atom stereocenters. The number of hydrogen-bond acceptors (Lipinski definition) is 5. The van der Waals surface area contributed by atoms with Crippen LogP contribution in [-0.2, 0) is 6.54 Å². The Balaban J connectivity index is 2.16. The Labute approximate surface area is 110 Å². The SMILES string of the molecule is Cc1ccnc(NCc2cccc([N+](=O)[O-])c2C)n1. The lowest BCUT2D eigenvalue weighted by Gasteiger charge is -2.08. The third-order valence-corrected chi connectivity index (χ3v) is 2.85. The van der Waals surface area contributed by atoms with E-state index in [2.05, 4.69) is 15.3 Å². The van der Waals surface area contributed by atoms with E-state index in [9.17, 15) is 10.1 Å². The van der Waals surface area contributed by atoms with E-state index in [1.54, 1.807) is 19.2 Å². The summed E-state index contributed by atoms with van der Waals surface area (Å²) in [5.74, 6) is 0.519. The Kier molecular flexibility index (Phi) is 3.70. The van der Waals surface area contributed by atoms with Crippen LogP contribution in [0.4, 0.5) is 11.6 Å². The van der Waals surface area contributed by atoms with Crippen LogP contribution in [0.3, 0.4) is 0 Å². The van der Waals surface area contributed by atoms with Gasteiger partial charge in [0.1, 0.15) is 0 Å². The first kappa shape index (κ1) is 12.9. The summed E-state index contributed by atoms with van der Waals surface area (Å²) in [6.45, 7) is 4.08. The minimum absolute atomic E-state index is 0.129. The molecule has 1 heterocycles. The molecular formula is C13H14N4O2. The van der Waals surface area contributed by atoms with Crippen LogP contribution in [0, 0.1) is 24.0 Å². The molecule has 98 valence electrons. The van der Waals surface area contributed by atoms with Crippen LogP contribution in [-0.4, -0.2) is 14.9 Å². The van der Waals surface area contributed by atoms with E-state index in [1.807, 2.05) is 19.1 Å². The highest BCUT2D eigenvalue weighted by Crippen LogP contribution is 2.21. The predicted octanol–water partition coefficient (Wildman–Crippen LogP) is 2.61. The second-order valence-corrected chi connectivity index (χ2v) is 4.19. The number of nitro groups is 1. The summed E-state index contributed by atoms with van der Waals surface area (Å²) in [6.07, 6.45) is 1.67. The maximum Gasteiger partial charge on any atom is 0.272 e. The van der Waals surface area contributed by atoms with E-state index in [0.717, 1.165) is 11.3 Å². The standard InChI is InChI=1S/C13H14N4O2/c1-9-6-7-14-13(16-9)15-8-11-4-3-5-12(10(11)2)17(18)19/h3-7H,8H2,1-2H3,(H,14,15,16). The van der Waals surface area contributed by atoms with E-state index < -0.39 is 0 Å². The minimum Gasteiger partial charge on any atom is -0.350 e. The van der Waals surface area contributed by atoms with Crippen LogP contribution < -0.4 is 5.32 Å². The average Bonchev–Trinajstić information content (AvgIpc) is 2.37. The Morgan fingerprint density at radius 3 is 2.79 bits per heavy atom. The van der Waals surface area contributed by atoms with Gasteiger partial charge in [-0.2, -0.15) is 0 Å². The molecule has 0 aliphatic heterocycles. The van der Waals surface area contributed by atoms with Crippen LogP contribution in [0.25, 0.3) is 0 Å². The van der Waals surface area contributed by atoms with Crippen molar-refractivity contribution in [1.29, 1.82) is 0 Å². The van der Waals surface area contributed by atoms with Gasteiger partial charge in [-0.25, -0.2) is 9.97 Å². The third kappa shape index (κ3) is 3.04. The van der Waals surface area contributed by atoms with E-state index in [-0.39, 0.29) is 10.6 Å². The molecule has 6 heteroatoms. The lowest BCUT2D eigenvalue weighted by atomic mass is 10.1. The molecule has 1 aromatic carbocycles. The first-order valence-electron chi connectivity index (χ1n) is 5.84. The van der Waals surface area contributed by atoms with E-state index in [1.165, 1.54) is 6.07 Å². The van der Waals surface area contributed by atoms with Gasteiger partial charge in [0.2, 0.25) is 5.95 Å². The van der Waals surface area contributed by atoms with Gasteiger partial charge in [0, 0.05) is 30.1 Å². The second kappa shape index (κ2) is 5.43. The highest BCUT2D eigenvalue weighted by Gasteiger charge is 2.12. The van der Waals surface area contributed by atoms with E-state index in [4.69, 9.17) is 0 Å². The smallest absolute Gasteiger partial charge is 0.272 e. The number of rotatable bonds is 4. The Hall–Kier alpha value is -2.50. The van der Waals surface area contributed by atoms with Gasteiger partial charge in [-0.3, -0.25) is 10.1 Å². The number of nitrogens with one attached hydrogen (secondary N) is 1. The molecule has 0 saturated carbocycles. The third-order valence-electron chi connectivity index (χ3n) is 2.85. The minimum atomic E-state index is -0.373. The Bertz CT molecular complexity index is 613. The maximum atomic E-state index is 10.9. The zero-order chi connectivity index (χ0) is 13.8. The van der Waals surface area contributed by atoms with Crippen molar-refractivity contribution in [1.82, 2.24) is 9.97 Å². The number of hydrogen-bond donors (Lipinski definition) is 1. The van der Waals surface area contributed by atoms with Crippen molar-refractivity contribution in [3.8, 4) is 0 Å². The van der Waals surface area contributed by atoms with E-state index in [0.29, 0.717) is 18.1 Å². The number of benzene rings is 1. The highest BCUT2D eigenvalue weighted by molar-refractivity contribution is 5.45. The summed E-state index contributed by atoms with van der Waals surface area (Å²) >= 11 is 0. The molecule has 0 aliphatic rings. The molecule has 1 aromatic heterocycles. The first-order valence-corrected chi connectivity index (χ1v) is 5.84. The van der Waals surface area contributed by atoms with Gasteiger partial charge < -0.3 is 5.32 Å². The molecule has 1 N–H and O–H groups in total. The van der Waals surface area contributed by atoms with Gasteiger partial charge in [0.25, 0.3) is 5.69 Å². The lowest BCUT2D eigenvalue weighted by Crippen LogP contribution is -2.06. The molecule has 2 rings (SSSR count). The maximum absolute atomic E-state index is 10.9. The number of nitrogens with zero attached hydrogens (tertiary/aromatic N) is 3. The van der Waals surface area contributed by atoms with Crippen molar-refractivity contribution in [2.45, 2.75) is 20.4 Å². The van der Waals surface area contributed by atoms with Crippen LogP contribution in [0.2, 0.25) is 0 Å². The largest absolute Gasteiger partial charge is 0.350 e. The average molecular weight is 258 g/mol. The summed E-state index contributed by atoms with van der Waals surface area (Å²) < 4.78 is 0. The molecular weight excluding hydrogens is 244 g/mol. The fourth-order valence-corrected chi connectivity index (χ4v) is 1.77. The summed E-state index contributed by atoms with van der Waals surface area (Å²) in [5, 5.41) is 13.9. The monoisotopic (exact) mass is 258 g/mol. The molecule has 0 spiro atoms. The van der Waals surface area contributed by atoms with Gasteiger partial charge in [-0.1, -0.05) is 12.1 Å². The summed E-state index contributed by atoms with van der Waals surface area (Å²) in [4.78, 5) is 18.8. The number of nitro benzene ring substituents is 1. The predicted molar refractivity (Wildman–Crippen MR) is 71.9 cm³/mol. The zero-order valence-corrected chi connectivity index (χ0v) is 10.8.